The fraction of sp³-hybridized carbons (Fsp3) is 0.385. The zero-order valence-corrected chi connectivity index (χ0v) is 21.1. The van der Waals surface area contributed by atoms with Gasteiger partial charge in [-0.05, 0) is 55.7 Å². The third kappa shape index (κ3) is 3.70. The predicted molar refractivity (Wildman–Crippen MR) is 139 cm³/mol. The first-order valence-corrected chi connectivity index (χ1v) is 13.0. The number of aryl methyl sites for hydroxylation is 2. The summed E-state index contributed by atoms with van der Waals surface area (Å²) in [5, 5.41) is 0.481. The molecule has 4 aromatic heterocycles. The van der Waals surface area contributed by atoms with Gasteiger partial charge < -0.3 is 10.6 Å². The number of hydrogen-bond acceptors (Lipinski definition) is 7. The molecule has 35 heavy (non-hydrogen) atoms. The Hall–Kier alpha value is -2.68. The summed E-state index contributed by atoms with van der Waals surface area (Å²) >= 11 is 8.12. The van der Waals surface area contributed by atoms with Gasteiger partial charge in [0, 0.05) is 57.2 Å². The van der Waals surface area contributed by atoms with Crippen LogP contribution in [0.4, 0.5) is 5.95 Å². The lowest BCUT2D eigenvalue weighted by Gasteiger charge is -2.42. The van der Waals surface area contributed by atoms with E-state index >= 15 is 0 Å². The Labute approximate surface area is 217 Å². The molecule has 9 heteroatoms. The highest BCUT2D eigenvalue weighted by Gasteiger charge is 2.46. The van der Waals surface area contributed by atoms with Crippen LogP contribution in [0.15, 0.2) is 52.8 Å². The van der Waals surface area contributed by atoms with Crippen LogP contribution in [0.2, 0.25) is 5.02 Å². The topological polar surface area (TPSA) is 85.2 Å². The number of hydrogen-bond donors (Lipinski definition) is 1. The molecule has 6 rings (SSSR count). The highest BCUT2D eigenvalue weighted by atomic mass is 35.5. The number of nitrogens with two attached hydrogens (primary N) is 1. The molecule has 0 unspecified atom stereocenters. The van der Waals surface area contributed by atoms with E-state index < -0.39 is 6.88 Å². The molecule has 1 saturated heterocycles. The second-order valence-corrected chi connectivity index (χ2v) is 10.8. The van der Waals surface area contributed by atoms with Crippen molar-refractivity contribution in [2.24, 2.45) is 11.1 Å². The molecule has 2 aliphatic rings. The zero-order chi connectivity index (χ0) is 25.7. The van der Waals surface area contributed by atoms with Gasteiger partial charge in [-0.25, -0.2) is 9.97 Å². The molecule has 5 heterocycles. The molecule has 4 aromatic rings. The summed E-state index contributed by atoms with van der Waals surface area (Å²) in [6.07, 6.45) is 10.4. The summed E-state index contributed by atoms with van der Waals surface area (Å²) < 4.78 is 17.2. The zero-order valence-electron chi connectivity index (χ0n) is 21.5. The minimum atomic E-state index is -1.01. The van der Waals surface area contributed by atoms with Crippen LogP contribution >= 0.6 is 23.4 Å². The molecule has 1 fully saturated rings. The first-order valence-electron chi connectivity index (χ1n) is 13.0. The summed E-state index contributed by atoms with van der Waals surface area (Å²) in [5.74, 6) is 0.888. The Bertz CT molecular complexity index is 1470. The molecular formula is C26H28ClN7S. The van der Waals surface area contributed by atoms with Crippen LogP contribution in [0, 0.1) is 12.3 Å². The van der Waals surface area contributed by atoms with Crippen molar-refractivity contribution < 1.29 is 2.74 Å². The molecule has 1 aliphatic heterocycles. The largest absolute Gasteiger partial charge is 0.342 e. The number of fused-ring (bicyclic) bond motifs is 2. The van der Waals surface area contributed by atoms with Gasteiger partial charge >= 0.3 is 0 Å². The minimum Gasteiger partial charge on any atom is -0.342 e. The number of rotatable bonds is 4. The van der Waals surface area contributed by atoms with Gasteiger partial charge in [-0.15, -0.1) is 0 Å². The van der Waals surface area contributed by atoms with Crippen molar-refractivity contribution in [2.75, 3.05) is 18.0 Å². The van der Waals surface area contributed by atoms with Gasteiger partial charge in [0.2, 0.25) is 5.95 Å². The van der Waals surface area contributed by atoms with E-state index in [0.717, 1.165) is 65.1 Å². The van der Waals surface area contributed by atoms with Gasteiger partial charge in [0.05, 0.1) is 21.3 Å². The highest BCUT2D eigenvalue weighted by molar-refractivity contribution is 7.99. The quantitative estimate of drug-likeness (QED) is 0.414. The van der Waals surface area contributed by atoms with Crippen LogP contribution in [0.25, 0.3) is 5.65 Å². The van der Waals surface area contributed by atoms with E-state index in [1.165, 1.54) is 17.3 Å². The van der Waals surface area contributed by atoms with E-state index in [0.29, 0.717) is 10.7 Å². The average molecular weight is 508 g/mol. The number of halogens is 1. The monoisotopic (exact) mass is 507 g/mol. The molecule has 0 saturated carbocycles. The van der Waals surface area contributed by atoms with Crippen molar-refractivity contribution in [3.63, 3.8) is 0 Å². The second kappa shape index (κ2) is 8.76. The van der Waals surface area contributed by atoms with Gasteiger partial charge in [0.25, 0.3) is 0 Å². The Balaban J connectivity index is 1.27. The van der Waals surface area contributed by atoms with Crippen LogP contribution in [0.1, 0.15) is 51.1 Å². The van der Waals surface area contributed by atoms with Crippen LogP contribution in [-0.4, -0.2) is 37.4 Å². The number of piperidine rings is 1. The average Bonchev–Trinajstić information content (AvgIpc) is 3.47. The van der Waals surface area contributed by atoms with Crippen molar-refractivity contribution in [3.8, 4) is 0 Å². The van der Waals surface area contributed by atoms with Gasteiger partial charge in [0.15, 0.2) is 5.65 Å². The summed E-state index contributed by atoms with van der Waals surface area (Å²) in [5.41, 5.74) is 11.4. The molecule has 7 nitrogen and oxygen atoms in total. The maximum Gasteiger partial charge on any atom is 0.211 e. The van der Waals surface area contributed by atoms with Crippen molar-refractivity contribution in [1.82, 2.24) is 24.3 Å². The number of nitrogens with zero attached hydrogens (tertiary/aromatic N) is 6. The first kappa shape index (κ1) is 20.5. The molecule has 0 amide bonds. The van der Waals surface area contributed by atoms with Gasteiger partial charge in [-0.2, -0.15) is 0 Å². The van der Waals surface area contributed by atoms with E-state index in [2.05, 4.69) is 30.3 Å². The van der Waals surface area contributed by atoms with Crippen LogP contribution < -0.4 is 10.6 Å². The minimum absolute atomic E-state index is 0.0236. The molecule has 1 aliphatic carbocycles. The Kier molecular flexibility index (Phi) is 5.13. The standard InChI is InChI=1S/C26H28ClN7S/c1-3-18-21(27)20(6-10-30-18)35-22-16(2)32-25(34-14-11-31-24(22)34)33-12-7-26(8-13-33)15-19-17(23(26)28)5-4-9-29-19/h4-6,9-11,14,23H,3,7-8,12-13,15,28H2,1-2H3/t23-/m1/s1/i1D2. The number of anilines is 1. The van der Waals surface area contributed by atoms with Gasteiger partial charge in [-0.3, -0.25) is 14.4 Å². The normalized spacial score (nSPS) is 19.9. The lowest BCUT2D eigenvalue weighted by Crippen LogP contribution is -2.45. The Morgan fingerprint density at radius 2 is 2.06 bits per heavy atom. The summed E-state index contributed by atoms with van der Waals surface area (Å²) in [6.45, 7) is 2.73. The molecule has 0 aromatic carbocycles. The molecule has 1 spiro atoms. The molecule has 180 valence electrons. The molecule has 0 radical (unpaired) electrons. The second-order valence-electron chi connectivity index (χ2n) is 9.37. The predicted octanol–water partition coefficient (Wildman–Crippen LogP) is 5.04. The SMILES string of the molecule is [2H]C([2H])Cc1nccc(Sc2c(C)nc(N3CCC4(CC3)Cc3ncccc3[C@H]4N)n3ccnc23)c1Cl. The van der Waals surface area contributed by atoms with E-state index in [4.69, 9.17) is 25.1 Å². The molecule has 2 N–H and O–H groups in total. The van der Waals surface area contributed by atoms with Crippen molar-refractivity contribution >= 4 is 35.0 Å². The molecule has 1 atom stereocenters. The lowest BCUT2D eigenvalue weighted by molar-refractivity contribution is 0.186. The fourth-order valence-corrected chi connectivity index (χ4v) is 6.78. The summed E-state index contributed by atoms with van der Waals surface area (Å²) in [7, 11) is 0. The van der Waals surface area contributed by atoms with E-state index in [9.17, 15) is 0 Å². The van der Waals surface area contributed by atoms with E-state index in [1.807, 2.05) is 31.5 Å². The van der Waals surface area contributed by atoms with Gasteiger partial charge in [0.1, 0.15) is 0 Å². The van der Waals surface area contributed by atoms with E-state index in [1.54, 1.807) is 12.4 Å². The Morgan fingerprint density at radius 1 is 1.20 bits per heavy atom. The van der Waals surface area contributed by atoms with Crippen molar-refractivity contribution in [2.45, 2.75) is 55.3 Å². The number of imidazole rings is 1. The van der Waals surface area contributed by atoms with Gasteiger partial charge in [-0.1, -0.05) is 36.3 Å². The maximum atomic E-state index is 7.57. The summed E-state index contributed by atoms with van der Waals surface area (Å²) in [4.78, 5) is 22.7. The third-order valence-corrected chi connectivity index (χ3v) is 9.24. The molecule has 0 bridgehead atoms. The van der Waals surface area contributed by atoms with Crippen molar-refractivity contribution in [1.29, 1.82) is 0 Å². The molecular weight excluding hydrogens is 478 g/mol. The highest BCUT2D eigenvalue weighted by Crippen LogP contribution is 2.50. The smallest absolute Gasteiger partial charge is 0.211 e. The lowest BCUT2D eigenvalue weighted by atomic mass is 9.73. The third-order valence-electron chi connectivity index (χ3n) is 7.47. The maximum absolute atomic E-state index is 7.57. The number of pyridine rings is 2. The van der Waals surface area contributed by atoms with Crippen LogP contribution in [-0.2, 0) is 12.8 Å². The van der Waals surface area contributed by atoms with Crippen LogP contribution in [0.3, 0.4) is 0 Å². The van der Waals surface area contributed by atoms with Crippen molar-refractivity contribution in [3.05, 3.63) is 70.7 Å². The van der Waals surface area contributed by atoms with Crippen LogP contribution in [0.5, 0.6) is 0 Å². The Morgan fingerprint density at radius 3 is 2.86 bits per heavy atom. The first-order chi connectivity index (χ1) is 17.9. The summed E-state index contributed by atoms with van der Waals surface area (Å²) in [6, 6.07) is 5.99. The fourth-order valence-electron chi connectivity index (χ4n) is 5.48. The van der Waals surface area contributed by atoms with E-state index in [-0.39, 0.29) is 17.9 Å². The number of aromatic nitrogens is 5.